The van der Waals surface area contributed by atoms with E-state index in [4.69, 9.17) is 5.73 Å². The van der Waals surface area contributed by atoms with E-state index in [1.807, 2.05) is 0 Å². The minimum absolute atomic E-state index is 0.504. The maximum absolute atomic E-state index is 5.63. The third-order valence-electron chi connectivity index (χ3n) is 3.96. The summed E-state index contributed by atoms with van der Waals surface area (Å²) in [6.45, 7) is 5.15. The van der Waals surface area contributed by atoms with E-state index in [1.54, 1.807) is 0 Å². The Bertz CT molecular complexity index is 354. The molecule has 1 atom stereocenters. The molecule has 17 heavy (non-hydrogen) atoms. The highest BCUT2D eigenvalue weighted by Gasteiger charge is 2.28. The molecule has 1 aliphatic rings. The van der Waals surface area contributed by atoms with Gasteiger partial charge in [0.1, 0.15) is 0 Å². The average molecular weight is 236 g/mol. The van der Waals surface area contributed by atoms with Crippen LogP contribution in [0.1, 0.15) is 57.0 Å². The second-order valence-electron chi connectivity index (χ2n) is 5.15. The van der Waals surface area contributed by atoms with Gasteiger partial charge in [0.25, 0.3) is 0 Å². The van der Waals surface area contributed by atoms with Gasteiger partial charge in [-0.2, -0.15) is 0 Å². The average Bonchev–Trinajstić information content (AvgIpc) is 2.60. The summed E-state index contributed by atoms with van der Waals surface area (Å²) in [5.41, 5.74) is 8.06. The molecule has 0 aromatic carbocycles. The standard InChI is InChI=1S/C13H24N4/c1-3-5-13-12(8-9-14)15-16-17(13)10(2)11-6-4-7-11/h10-11H,3-9,14H2,1-2H3. The van der Waals surface area contributed by atoms with Crippen molar-refractivity contribution < 1.29 is 0 Å². The van der Waals surface area contributed by atoms with E-state index in [0.29, 0.717) is 12.6 Å². The lowest BCUT2D eigenvalue weighted by Crippen LogP contribution is -2.25. The highest BCUT2D eigenvalue weighted by Crippen LogP contribution is 2.36. The van der Waals surface area contributed by atoms with Crippen LogP contribution in [0.3, 0.4) is 0 Å². The lowest BCUT2D eigenvalue weighted by Gasteiger charge is -2.32. The molecule has 4 nitrogen and oxygen atoms in total. The molecule has 2 N–H and O–H groups in total. The lowest BCUT2D eigenvalue weighted by atomic mass is 9.80. The monoisotopic (exact) mass is 236 g/mol. The Morgan fingerprint density at radius 3 is 2.71 bits per heavy atom. The Labute approximate surface area is 104 Å². The first-order valence-corrected chi connectivity index (χ1v) is 6.91. The predicted molar refractivity (Wildman–Crippen MR) is 68.8 cm³/mol. The van der Waals surface area contributed by atoms with Crippen molar-refractivity contribution in [2.45, 2.75) is 58.4 Å². The van der Waals surface area contributed by atoms with Gasteiger partial charge < -0.3 is 5.73 Å². The van der Waals surface area contributed by atoms with Crippen molar-refractivity contribution in [3.8, 4) is 0 Å². The molecule has 0 spiro atoms. The summed E-state index contributed by atoms with van der Waals surface area (Å²) in [5.74, 6) is 0.804. The molecular formula is C13H24N4. The fourth-order valence-corrected chi connectivity index (χ4v) is 2.62. The fourth-order valence-electron chi connectivity index (χ4n) is 2.62. The van der Waals surface area contributed by atoms with E-state index in [0.717, 1.165) is 30.9 Å². The van der Waals surface area contributed by atoms with Gasteiger partial charge in [-0.15, -0.1) is 5.10 Å². The van der Waals surface area contributed by atoms with E-state index in [-0.39, 0.29) is 0 Å². The quantitative estimate of drug-likeness (QED) is 0.823. The summed E-state index contributed by atoms with van der Waals surface area (Å²) >= 11 is 0. The van der Waals surface area contributed by atoms with Crippen molar-refractivity contribution in [3.05, 3.63) is 11.4 Å². The number of rotatable bonds is 6. The molecule has 2 rings (SSSR count). The molecule has 1 fully saturated rings. The molecule has 0 amide bonds. The third-order valence-corrected chi connectivity index (χ3v) is 3.96. The molecule has 1 saturated carbocycles. The van der Waals surface area contributed by atoms with Crippen molar-refractivity contribution in [1.82, 2.24) is 15.0 Å². The van der Waals surface area contributed by atoms with Crippen LogP contribution in [0.5, 0.6) is 0 Å². The third kappa shape index (κ3) is 2.51. The second-order valence-corrected chi connectivity index (χ2v) is 5.15. The van der Waals surface area contributed by atoms with Crippen LogP contribution >= 0.6 is 0 Å². The van der Waals surface area contributed by atoms with Gasteiger partial charge in [0.15, 0.2) is 0 Å². The minimum Gasteiger partial charge on any atom is -0.330 e. The molecule has 0 bridgehead atoms. The highest BCUT2D eigenvalue weighted by atomic mass is 15.4. The van der Waals surface area contributed by atoms with Crippen molar-refractivity contribution in [3.63, 3.8) is 0 Å². The Balaban J connectivity index is 2.19. The van der Waals surface area contributed by atoms with Gasteiger partial charge in [-0.25, -0.2) is 4.68 Å². The molecule has 96 valence electrons. The van der Waals surface area contributed by atoms with Crippen LogP contribution in [0.4, 0.5) is 0 Å². The van der Waals surface area contributed by atoms with Crippen LogP contribution in [0.25, 0.3) is 0 Å². The van der Waals surface area contributed by atoms with Crippen LogP contribution in [0.2, 0.25) is 0 Å². The van der Waals surface area contributed by atoms with Crippen molar-refractivity contribution in [2.75, 3.05) is 6.54 Å². The smallest absolute Gasteiger partial charge is 0.0871 e. The first-order chi connectivity index (χ1) is 8.27. The zero-order chi connectivity index (χ0) is 12.3. The van der Waals surface area contributed by atoms with E-state index >= 15 is 0 Å². The molecule has 1 unspecified atom stereocenters. The van der Waals surface area contributed by atoms with Crippen molar-refractivity contribution in [2.24, 2.45) is 11.7 Å². The van der Waals surface area contributed by atoms with E-state index in [1.165, 1.54) is 25.0 Å². The minimum atomic E-state index is 0.504. The molecule has 1 aromatic heterocycles. The van der Waals surface area contributed by atoms with Crippen LogP contribution in [0.15, 0.2) is 0 Å². The number of aromatic nitrogens is 3. The number of hydrogen-bond acceptors (Lipinski definition) is 3. The maximum Gasteiger partial charge on any atom is 0.0871 e. The molecule has 1 heterocycles. The summed E-state index contributed by atoms with van der Waals surface area (Å²) < 4.78 is 2.16. The Kier molecular flexibility index (Phi) is 4.15. The summed E-state index contributed by atoms with van der Waals surface area (Å²) in [6, 6.07) is 0.504. The molecule has 1 aliphatic carbocycles. The van der Waals surface area contributed by atoms with E-state index in [9.17, 15) is 0 Å². The number of hydrogen-bond donors (Lipinski definition) is 1. The van der Waals surface area contributed by atoms with Crippen molar-refractivity contribution in [1.29, 1.82) is 0 Å². The van der Waals surface area contributed by atoms with Crippen molar-refractivity contribution >= 4 is 0 Å². The molecular weight excluding hydrogens is 212 g/mol. The first kappa shape index (κ1) is 12.6. The number of nitrogens with zero attached hydrogens (tertiary/aromatic N) is 3. The van der Waals surface area contributed by atoms with Gasteiger partial charge in [-0.05, 0) is 38.6 Å². The summed E-state index contributed by atoms with van der Waals surface area (Å²) in [5, 5.41) is 8.69. The highest BCUT2D eigenvalue weighted by molar-refractivity contribution is 5.12. The van der Waals surface area contributed by atoms with Gasteiger partial charge in [0.2, 0.25) is 0 Å². The van der Waals surface area contributed by atoms with Gasteiger partial charge >= 0.3 is 0 Å². The van der Waals surface area contributed by atoms with Crippen LogP contribution in [-0.4, -0.2) is 21.5 Å². The zero-order valence-corrected chi connectivity index (χ0v) is 11.0. The van der Waals surface area contributed by atoms with Crippen LogP contribution < -0.4 is 5.73 Å². The lowest BCUT2D eigenvalue weighted by molar-refractivity contribution is 0.205. The van der Waals surface area contributed by atoms with E-state index in [2.05, 4.69) is 28.8 Å². The van der Waals surface area contributed by atoms with Gasteiger partial charge in [0, 0.05) is 6.42 Å². The Hall–Kier alpha value is -0.900. The summed E-state index contributed by atoms with van der Waals surface area (Å²) in [6.07, 6.45) is 7.13. The van der Waals surface area contributed by atoms with Gasteiger partial charge in [0.05, 0.1) is 17.4 Å². The van der Waals surface area contributed by atoms with Gasteiger partial charge in [-0.1, -0.05) is 25.0 Å². The molecule has 0 radical (unpaired) electrons. The molecule has 1 aromatic rings. The summed E-state index contributed by atoms with van der Waals surface area (Å²) in [7, 11) is 0. The fraction of sp³-hybridized carbons (Fsp3) is 0.846. The maximum atomic E-state index is 5.63. The zero-order valence-electron chi connectivity index (χ0n) is 11.0. The number of nitrogens with two attached hydrogens (primary N) is 1. The summed E-state index contributed by atoms with van der Waals surface area (Å²) in [4.78, 5) is 0. The van der Waals surface area contributed by atoms with Crippen LogP contribution in [0, 0.1) is 5.92 Å². The molecule has 0 aliphatic heterocycles. The Morgan fingerprint density at radius 1 is 1.41 bits per heavy atom. The largest absolute Gasteiger partial charge is 0.330 e. The topological polar surface area (TPSA) is 56.7 Å². The predicted octanol–water partition coefficient (Wildman–Crippen LogP) is 2.09. The normalized spacial score (nSPS) is 18.1. The second kappa shape index (κ2) is 5.63. The first-order valence-electron chi connectivity index (χ1n) is 6.91. The van der Waals surface area contributed by atoms with E-state index < -0.39 is 0 Å². The molecule has 4 heteroatoms. The SMILES string of the molecule is CCCc1c(CCN)nnn1C(C)C1CCC1. The molecule has 0 saturated heterocycles. The van der Waals surface area contributed by atoms with Crippen LogP contribution in [-0.2, 0) is 12.8 Å². The van der Waals surface area contributed by atoms with Gasteiger partial charge in [-0.3, -0.25) is 0 Å². The Morgan fingerprint density at radius 2 is 2.18 bits per heavy atom.